The van der Waals surface area contributed by atoms with Crippen LogP contribution in [0.15, 0.2) is 16.6 Å². The van der Waals surface area contributed by atoms with Crippen molar-refractivity contribution in [2.45, 2.75) is 13.3 Å². The molecule has 0 radical (unpaired) electrons. The molecule has 0 spiro atoms. The minimum atomic E-state index is 0.163. The van der Waals surface area contributed by atoms with Crippen molar-refractivity contribution in [2.24, 2.45) is 0 Å². The van der Waals surface area contributed by atoms with Gasteiger partial charge in [0.1, 0.15) is 0 Å². The predicted octanol–water partition coefficient (Wildman–Crippen LogP) is 2.76. The number of nitrogens with one attached hydrogen (secondary N) is 1. The molecule has 0 aliphatic rings. The summed E-state index contributed by atoms with van der Waals surface area (Å²) in [6.07, 6.45) is 0.872. The third-order valence-electron chi connectivity index (χ3n) is 2.18. The molecule has 0 unspecified atom stereocenters. The Bertz CT molecular complexity index is 337. The first-order chi connectivity index (χ1) is 8.15. The first-order valence-electron chi connectivity index (χ1n) is 5.55. The molecule has 0 saturated heterocycles. The van der Waals surface area contributed by atoms with Gasteiger partial charge in [-0.1, -0.05) is 11.6 Å². The van der Waals surface area contributed by atoms with Crippen LogP contribution in [0.5, 0.6) is 5.75 Å². The lowest BCUT2D eigenvalue weighted by Gasteiger charge is -2.11. The largest absolute Gasteiger partial charge is 0.491 e. The van der Waals surface area contributed by atoms with E-state index in [0.717, 1.165) is 23.0 Å². The summed E-state index contributed by atoms with van der Waals surface area (Å²) in [5.41, 5.74) is 1.10. The van der Waals surface area contributed by atoms with E-state index in [4.69, 9.17) is 21.4 Å². The third kappa shape index (κ3) is 5.25. The number of aliphatic hydroxyl groups excluding tert-OH is 1. The van der Waals surface area contributed by atoms with Crippen LogP contribution >= 0.6 is 27.5 Å². The van der Waals surface area contributed by atoms with Gasteiger partial charge in [-0.15, -0.1) is 0 Å². The molecule has 0 aliphatic carbocycles. The SMILES string of the molecule is Cc1cc(Cl)c(OCCCNCCO)c(Br)c1. The highest BCUT2D eigenvalue weighted by Gasteiger charge is 2.07. The van der Waals surface area contributed by atoms with Gasteiger partial charge in [0, 0.05) is 6.54 Å². The first kappa shape index (κ1) is 14.8. The summed E-state index contributed by atoms with van der Waals surface area (Å²) >= 11 is 9.53. The fraction of sp³-hybridized carbons (Fsp3) is 0.500. The molecule has 0 saturated carbocycles. The van der Waals surface area contributed by atoms with E-state index in [2.05, 4.69) is 21.2 Å². The molecule has 0 atom stereocenters. The monoisotopic (exact) mass is 321 g/mol. The predicted molar refractivity (Wildman–Crippen MR) is 74.0 cm³/mol. The zero-order valence-corrected chi connectivity index (χ0v) is 12.1. The van der Waals surface area contributed by atoms with E-state index < -0.39 is 0 Å². The third-order valence-corrected chi connectivity index (χ3v) is 3.05. The van der Waals surface area contributed by atoms with E-state index in [1.165, 1.54) is 0 Å². The fourth-order valence-corrected chi connectivity index (χ4v) is 2.53. The Morgan fingerprint density at radius 1 is 1.41 bits per heavy atom. The summed E-state index contributed by atoms with van der Waals surface area (Å²) in [4.78, 5) is 0. The summed E-state index contributed by atoms with van der Waals surface area (Å²) in [6, 6.07) is 3.86. The zero-order valence-electron chi connectivity index (χ0n) is 9.80. The second kappa shape index (κ2) is 7.93. The van der Waals surface area contributed by atoms with Crippen molar-refractivity contribution >= 4 is 27.5 Å². The maximum Gasteiger partial charge on any atom is 0.152 e. The van der Waals surface area contributed by atoms with Crippen LogP contribution in [0.25, 0.3) is 0 Å². The van der Waals surface area contributed by atoms with E-state index in [-0.39, 0.29) is 6.61 Å². The molecule has 0 fully saturated rings. The number of hydrogen-bond acceptors (Lipinski definition) is 3. The number of hydrogen-bond donors (Lipinski definition) is 2. The number of aryl methyl sites for hydroxylation is 1. The van der Waals surface area contributed by atoms with Crippen LogP contribution < -0.4 is 10.1 Å². The molecular weight excluding hydrogens is 305 g/mol. The normalized spacial score (nSPS) is 10.6. The Morgan fingerprint density at radius 2 is 2.18 bits per heavy atom. The molecule has 17 heavy (non-hydrogen) atoms. The van der Waals surface area contributed by atoms with Gasteiger partial charge in [0.2, 0.25) is 0 Å². The molecule has 1 aromatic rings. The molecule has 96 valence electrons. The van der Waals surface area contributed by atoms with Gasteiger partial charge in [-0.25, -0.2) is 0 Å². The van der Waals surface area contributed by atoms with Gasteiger partial charge in [0.15, 0.2) is 5.75 Å². The number of halogens is 2. The van der Waals surface area contributed by atoms with Crippen LogP contribution in [0.1, 0.15) is 12.0 Å². The lowest BCUT2D eigenvalue weighted by Crippen LogP contribution is -2.20. The van der Waals surface area contributed by atoms with Gasteiger partial charge in [0.05, 0.1) is 22.7 Å². The van der Waals surface area contributed by atoms with Crippen LogP contribution in [0.4, 0.5) is 0 Å². The van der Waals surface area contributed by atoms with E-state index in [1.807, 2.05) is 19.1 Å². The van der Waals surface area contributed by atoms with E-state index in [0.29, 0.717) is 23.9 Å². The molecule has 2 N–H and O–H groups in total. The van der Waals surface area contributed by atoms with Gasteiger partial charge < -0.3 is 15.2 Å². The van der Waals surface area contributed by atoms with Crippen molar-refractivity contribution in [2.75, 3.05) is 26.3 Å². The molecule has 3 nitrogen and oxygen atoms in total. The van der Waals surface area contributed by atoms with E-state index in [9.17, 15) is 0 Å². The Balaban J connectivity index is 2.36. The Labute approximate surface area is 115 Å². The Hall–Kier alpha value is -0.290. The summed E-state index contributed by atoms with van der Waals surface area (Å²) in [5.74, 6) is 0.694. The summed E-state index contributed by atoms with van der Waals surface area (Å²) < 4.78 is 6.50. The highest BCUT2D eigenvalue weighted by molar-refractivity contribution is 9.10. The van der Waals surface area contributed by atoms with Crippen molar-refractivity contribution in [3.63, 3.8) is 0 Å². The van der Waals surface area contributed by atoms with Gasteiger partial charge in [-0.05, 0) is 53.5 Å². The second-order valence-electron chi connectivity index (χ2n) is 3.73. The Morgan fingerprint density at radius 3 is 2.82 bits per heavy atom. The maximum absolute atomic E-state index is 8.58. The van der Waals surface area contributed by atoms with Crippen molar-refractivity contribution in [1.82, 2.24) is 5.32 Å². The van der Waals surface area contributed by atoms with Crippen LogP contribution in [0.3, 0.4) is 0 Å². The molecule has 0 bridgehead atoms. The molecule has 0 aromatic heterocycles. The van der Waals surface area contributed by atoms with Crippen molar-refractivity contribution in [3.05, 3.63) is 27.2 Å². The quantitative estimate of drug-likeness (QED) is 0.759. The van der Waals surface area contributed by atoms with Crippen LogP contribution in [-0.4, -0.2) is 31.4 Å². The summed E-state index contributed by atoms with van der Waals surface area (Å²) in [7, 11) is 0. The smallest absolute Gasteiger partial charge is 0.152 e. The van der Waals surface area contributed by atoms with E-state index in [1.54, 1.807) is 0 Å². The average molecular weight is 323 g/mol. The standard InChI is InChI=1S/C12H17BrClNO2/c1-9-7-10(13)12(11(14)8-9)17-6-2-3-15-4-5-16/h7-8,15-16H,2-6H2,1H3. The maximum atomic E-state index is 8.58. The number of benzene rings is 1. The minimum Gasteiger partial charge on any atom is -0.491 e. The van der Waals surface area contributed by atoms with Gasteiger partial charge in [0.25, 0.3) is 0 Å². The minimum absolute atomic E-state index is 0.163. The molecular formula is C12H17BrClNO2. The van der Waals surface area contributed by atoms with Crippen molar-refractivity contribution in [3.8, 4) is 5.75 Å². The highest BCUT2D eigenvalue weighted by atomic mass is 79.9. The van der Waals surface area contributed by atoms with Crippen LogP contribution in [-0.2, 0) is 0 Å². The van der Waals surface area contributed by atoms with Crippen LogP contribution in [0.2, 0.25) is 5.02 Å². The number of rotatable bonds is 7. The molecule has 1 aromatic carbocycles. The van der Waals surface area contributed by atoms with Gasteiger partial charge in [-0.3, -0.25) is 0 Å². The lowest BCUT2D eigenvalue weighted by atomic mass is 10.2. The average Bonchev–Trinajstić information content (AvgIpc) is 2.26. The molecule has 1 rings (SSSR count). The van der Waals surface area contributed by atoms with Crippen LogP contribution in [0, 0.1) is 6.92 Å². The zero-order chi connectivity index (χ0) is 12.7. The van der Waals surface area contributed by atoms with Gasteiger partial charge >= 0.3 is 0 Å². The fourth-order valence-electron chi connectivity index (χ4n) is 1.40. The Kier molecular flexibility index (Phi) is 6.89. The number of aliphatic hydroxyl groups is 1. The second-order valence-corrected chi connectivity index (χ2v) is 4.99. The molecule has 5 heteroatoms. The topological polar surface area (TPSA) is 41.5 Å². The summed E-state index contributed by atoms with van der Waals surface area (Å²) in [5, 5.41) is 12.3. The molecule has 0 amide bonds. The molecule has 0 aliphatic heterocycles. The van der Waals surface area contributed by atoms with Crippen molar-refractivity contribution < 1.29 is 9.84 Å². The lowest BCUT2D eigenvalue weighted by molar-refractivity contribution is 0.281. The summed E-state index contributed by atoms with van der Waals surface area (Å²) in [6.45, 7) is 4.19. The highest BCUT2D eigenvalue weighted by Crippen LogP contribution is 2.34. The molecule has 0 heterocycles. The first-order valence-corrected chi connectivity index (χ1v) is 6.72. The van der Waals surface area contributed by atoms with E-state index >= 15 is 0 Å². The van der Waals surface area contributed by atoms with Gasteiger partial charge in [-0.2, -0.15) is 0 Å². The van der Waals surface area contributed by atoms with Crippen molar-refractivity contribution in [1.29, 1.82) is 0 Å². The number of ether oxygens (including phenoxy) is 1.